The van der Waals surface area contributed by atoms with E-state index >= 15 is 0 Å². The van der Waals surface area contributed by atoms with Crippen molar-refractivity contribution in [1.29, 1.82) is 0 Å². The van der Waals surface area contributed by atoms with Gasteiger partial charge in [-0.3, -0.25) is 0 Å². The van der Waals surface area contributed by atoms with Gasteiger partial charge in [0.05, 0.1) is 7.11 Å². The van der Waals surface area contributed by atoms with Gasteiger partial charge in [-0.1, -0.05) is 6.07 Å². The molecule has 0 saturated heterocycles. The highest BCUT2D eigenvalue weighted by Gasteiger charge is 2.13. The summed E-state index contributed by atoms with van der Waals surface area (Å²) < 4.78 is 6.36. The first-order valence-corrected chi connectivity index (χ1v) is 8.01. The second-order valence-corrected chi connectivity index (χ2v) is 6.42. The summed E-state index contributed by atoms with van der Waals surface area (Å²) in [6.45, 7) is 6.41. The third-order valence-corrected chi connectivity index (χ3v) is 4.62. The number of halogens is 1. The Balaban J connectivity index is 2.43. The molecular weight excluding hydrogens is 338 g/mol. The topological polar surface area (TPSA) is 22.1 Å². The number of pyridine rings is 1. The van der Waals surface area contributed by atoms with Crippen molar-refractivity contribution >= 4 is 26.7 Å². The van der Waals surface area contributed by atoms with Crippen LogP contribution in [0, 0.1) is 20.8 Å². The third kappa shape index (κ3) is 2.50. The molecule has 2 nitrogen and oxygen atoms in total. The molecule has 0 fully saturated rings. The van der Waals surface area contributed by atoms with Crippen LogP contribution in [-0.4, -0.2) is 12.1 Å². The molecule has 0 aliphatic heterocycles. The lowest BCUT2D eigenvalue weighted by Gasteiger charge is -2.16. The van der Waals surface area contributed by atoms with Crippen molar-refractivity contribution < 1.29 is 4.74 Å². The van der Waals surface area contributed by atoms with Gasteiger partial charge in [0, 0.05) is 6.20 Å². The molecule has 112 valence electrons. The highest BCUT2D eigenvalue weighted by molar-refractivity contribution is 9.10. The summed E-state index contributed by atoms with van der Waals surface area (Å²) in [6, 6.07) is 10.7. The number of ether oxygens (including phenoxy) is 1. The molecule has 3 aromatic rings. The molecule has 0 aliphatic carbocycles. The lowest BCUT2D eigenvalue weighted by molar-refractivity contribution is 0.412. The molecular formula is C19H18BrNO. The van der Waals surface area contributed by atoms with Crippen molar-refractivity contribution in [3.8, 4) is 16.9 Å². The van der Waals surface area contributed by atoms with Crippen LogP contribution in [0.25, 0.3) is 21.9 Å². The Morgan fingerprint density at radius 1 is 1.00 bits per heavy atom. The van der Waals surface area contributed by atoms with E-state index < -0.39 is 0 Å². The second-order valence-electron chi connectivity index (χ2n) is 5.60. The van der Waals surface area contributed by atoms with Gasteiger partial charge in [-0.15, -0.1) is 0 Å². The van der Waals surface area contributed by atoms with E-state index in [1.807, 2.05) is 6.20 Å². The van der Waals surface area contributed by atoms with Crippen molar-refractivity contribution in [2.45, 2.75) is 20.8 Å². The zero-order valence-electron chi connectivity index (χ0n) is 13.2. The minimum atomic E-state index is 0.845. The molecule has 0 saturated carbocycles. The van der Waals surface area contributed by atoms with Gasteiger partial charge in [-0.25, -0.2) is 4.98 Å². The maximum atomic E-state index is 5.52. The van der Waals surface area contributed by atoms with Crippen molar-refractivity contribution in [2.75, 3.05) is 7.11 Å². The summed E-state index contributed by atoms with van der Waals surface area (Å²) in [4.78, 5) is 4.24. The Morgan fingerprint density at radius 2 is 1.73 bits per heavy atom. The molecule has 2 aromatic carbocycles. The van der Waals surface area contributed by atoms with Crippen molar-refractivity contribution in [3.63, 3.8) is 0 Å². The van der Waals surface area contributed by atoms with E-state index in [-0.39, 0.29) is 0 Å². The van der Waals surface area contributed by atoms with Gasteiger partial charge in [0.2, 0.25) is 0 Å². The number of rotatable bonds is 2. The molecule has 0 N–H and O–H groups in total. The highest BCUT2D eigenvalue weighted by Crippen LogP contribution is 2.37. The van der Waals surface area contributed by atoms with E-state index in [4.69, 9.17) is 4.74 Å². The number of hydrogen-bond donors (Lipinski definition) is 0. The van der Waals surface area contributed by atoms with Crippen LogP contribution in [0.2, 0.25) is 0 Å². The van der Waals surface area contributed by atoms with Crippen molar-refractivity contribution in [2.24, 2.45) is 0 Å². The minimum absolute atomic E-state index is 0.845. The lowest BCUT2D eigenvalue weighted by atomic mass is 9.90. The number of methoxy groups -OCH3 is 1. The quantitative estimate of drug-likeness (QED) is 0.558. The van der Waals surface area contributed by atoms with Crippen LogP contribution in [-0.2, 0) is 0 Å². The first-order valence-electron chi connectivity index (χ1n) is 7.21. The molecule has 0 atom stereocenters. The van der Waals surface area contributed by atoms with Gasteiger partial charge in [-0.05, 0) is 99.6 Å². The second kappa shape index (κ2) is 5.73. The first-order chi connectivity index (χ1) is 10.5. The van der Waals surface area contributed by atoms with Gasteiger partial charge in [0.15, 0.2) is 0 Å². The van der Waals surface area contributed by atoms with E-state index in [0.717, 1.165) is 15.9 Å². The standard InChI is InChI=1S/C19H18BrNO/c1-11-7-15-8-12(2)17(22-4)10-16(15)19(13(11)3)14-5-6-21-18(20)9-14/h5-10H,1-4H3. The van der Waals surface area contributed by atoms with Gasteiger partial charge >= 0.3 is 0 Å². The fourth-order valence-electron chi connectivity index (χ4n) is 2.94. The van der Waals surface area contributed by atoms with E-state index in [1.165, 1.54) is 33.0 Å². The average Bonchev–Trinajstić information content (AvgIpc) is 2.48. The maximum absolute atomic E-state index is 5.52. The third-order valence-electron chi connectivity index (χ3n) is 4.19. The molecule has 1 aromatic heterocycles. The van der Waals surface area contributed by atoms with Gasteiger partial charge < -0.3 is 4.74 Å². The normalized spacial score (nSPS) is 11.0. The highest BCUT2D eigenvalue weighted by atomic mass is 79.9. The SMILES string of the molecule is COc1cc2c(-c3ccnc(Br)c3)c(C)c(C)cc2cc1C. The van der Waals surface area contributed by atoms with Gasteiger partial charge in [0.25, 0.3) is 0 Å². The van der Waals surface area contributed by atoms with Crippen LogP contribution >= 0.6 is 15.9 Å². The van der Waals surface area contributed by atoms with Crippen LogP contribution in [0.15, 0.2) is 41.1 Å². The molecule has 0 radical (unpaired) electrons. The summed E-state index contributed by atoms with van der Waals surface area (Å²) in [6.07, 6.45) is 1.83. The predicted molar refractivity (Wildman–Crippen MR) is 95.6 cm³/mol. The molecule has 3 heteroatoms. The minimum Gasteiger partial charge on any atom is -0.496 e. The van der Waals surface area contributed by atoms with Crippen molar-refractivity contribution in [1.82, 2.24) is 4.98 Å². The predicted octanol–water partition coefficient (Wildman–Crippen LogP) is 5.60. The number of benzene rings is 2. The molecule has 0 spiro atoms. The summed E-state index contributed by atoms with van der Waals surface area (Å²) in [5.74, 6) is 0.921. The molecule has 0 bridgehead atoms. The Bertz CT molecular complexity index is 871. The average molecular weight is 356 g/mol. The number of nitrogens with zero attached hydrogens (tertiary/aromatic N) is 1. The zero-order valence-corrected chi connectivity index (χ0v) is 14.8. The fraction of sp³-hybridized carbons (Fsp3) is 0.211. The molecule has 3 rings (SSSR count). The Labute approximate surface area is 139 Å². The lowest BCUT2D eigenvalue weighted by Crippen LogP contribution is -1.94. The maximum Gasteiger partial charge on any atom is 0.122 e. The summed E-state index contributed by atoms with van der Waals surface area (Å²) in [5.41, 5.74) is 6.15. The van der Waals surface area contributed by atoms with Crippen LogP contribution in [0.4, 0.5) is 0 Å². The number of aryl methyl sites for hydroxylation is 2. The molecule has 0 aliphatic rings. The van der Waals surface area contributed by atoms with Crippen LogP contribution < -0.4 is 4.74 Å². The largest absolute Gasteiger partial charge is 0.496 e. The summed E-state index contributed by atoms with van der Waals surface area (Å²) in [5, 5.41) is 2.45. The molecule has 22 heavy (non-hydrogen) atoms. The number of aromatic nitrogens is 1. The molecule has 0 amide bonds. The van der Waals surface area contributed by atoms with Crippen LogP contribution in [0.1, 0.15) is 16.7 Å². The van der Waals surface area contributed by atoms with E-state index in [2.05, 4.69) is 72.0 Å². The Kier molecular flexibility index (Phi) is 3.92. The first kappa shape index (κ1) is 15.0. The van der Waals surface area contributed by atoms with Crippen LogP contribution in [0.5, 0.6) is 5.75 Å². The summed E-state index contributed by atoms with van der Waals surface area (Å²) >= 11 is 3.47. The smallest absolute Gasteiger partial charge is 0.122 e. The van der Waals surface area contributed by atoms with E-state index in [0.29, 0.717) is 0 Å². The zero-order chi connectivity index (χ0) is 15.9. The van der Waals surface area contributed by atoms with E-state index in [1.54, 1.807) is 7.11 Å². The van der Waals surface area contributed by atoms with Crippen molar-refractivity contribution in [3.05, 3.63) is 57.8 Å². The van der Waals surface area contributed by atoms with Gasteiger partial charge in [-0.2, -0.15) is 0 Å². The van der Waals surface area contributed by atoms with E-state index in [9.17, 15) is 0 Å². The number of hydrogen-bond acceptors (Lipinski definition) is 2. The molecule has 1 heterocycles. The summed E-state index contributed by atoms with van der Waals surface area (Å²) in [7, 11) is 1.72. The monoisotopic (exact) mass is 355 g/mol. The number of fused-ring (bicyclic) bond motifs is 1. The van der Waals surface area contributed by atoms with Crippen LogP contribution in [0.3, 0.4) is 0 Å². The molecule has 0 unspecified atom stereocenters. The Morgan fingerprint density at radius 3 is 2.41 bits per heavy atom. The Hall–Kier alpha value is -1.87. The van der Waals surface area contributed by atoms with Gasteiger partial charge in [0.1, 0.15) is 10.4 Å². The fourth-order valence-corrected chi connectivity index (χ4v) is 3.30.